The summed E-state index contributed by atoms with van der Waals surface area (Å²) >= 11 is 3.46. The van der Waals surface area contributed by atoms with E-state index in [1.807, 2.05) is 12.1 Å². The van der Waals surface area contributed by atoms with E-state index in [4.69, 9.17) is 4.98 Å². The summed E-state index contributed by atoms with van der Waals surface area (Å²) in [4.78, 5) is 6.01. The first kappa shape index (κ1) is 12.5. The Labute approximate surface area is 121 Å². The number of nitrogens with zero attached hydrogens (tertiary/aromatic N) is 1. The van der Waals surface area contributed by atoms with Gasteiger partial charge in [-0.25, -0.2) is 4.98 Å². The number of thioether (sulfide) groups is 1. The molecule has 1 aromatic heterocycles. The van der Waals surface area contributed by atoms with Gasteiger partial charge in [-0.3, -0.25) is 0 Å². The second kappa shape index (κ2) is 5.59. The molecular formula is C16H13NS2. The van der Waals surface area contributed by atoms with Crippen molar-refractivity contribution in [2.45, 2.75) is 5.03 Å². The Kier molecular flexibility index (Phi) is 3.67. The number of hydrogen-bond donors (Lipinski definition) is 0. The fourth-order valence-electron chi connectivity index (χ4n) is 1.92. The fourth-order valence-corrected chi connectivity index (χ4v) is 3.81. The van der Waals surface area contributed by atoms with Crippen LogP contribution in [0.5, 0.6) is 0 Å². The summed E-state index contributed by atoms with van der Waals surface area (Å²) in [6.07, 6.45) is 2.08. The largest absolute Gasteiger partial charge is 0.229 e. The van der Waals surface area contributed by atoms with Gasteiger partial charge in [-0.1, -0.05) is 60.7 Å². The van der Waals surface area contributed by atoms with E-state index >= 15 is 0 Å². The van der Waals surface area contributed by atoms with Crippen molar-refractivity contribution in [3.05, 3.63) is 60.7 Å². The molecule has 0 saturated heterocycles. The zero-order valence-corrected chi connectivity index (χ0v) is 12.2. The molecule has 0 amide bonds. The van der Waals surface area contributed by atoms with Crippen LogP contribution < -0.4 is 0 Å². The van der Waals surface area contributed by atoms with Gasteiger partial charge in [0.2, 0.25) is 0 Å². The van der Waals surface area contributed by atoms with Gasteiger partial charge in [0.25, 0.3) is 0 Å². The predicted octanol–water partition coefficient (Wildman–Crippen LogP) is 5.20. The molecule has 1 heterocycles. The van der Waals surface area contributed by atoms with Crippen molar-refractivity contribution < 1.29 is 0 Å². The van der Waals surface area contributed by atoms with Crippen molar-refractivity contribution in [1.29, 1.82) is 0 Å². The second-order valence-corrected chi connectivity index (χ2v) is 5.88. The Morgan fingerprint density at radius 1 is 0.842 bits per heavy atom. The summed E-state index contributed by atoms with van der Waals surface area (Å²) in [7, 11) is 0. The smallest absolute Gasteiger partial charge is 0.125 e. The van der Waals surface area contributed by atoms with Crippen LogP contribution in [0, 0.1) is 0 Å². The lowest BCUT2D eigenvalue weighted by Crippen LogP contribution is -1.77. The van der Waals surface area contributed by atoms with Crippen molar-refractivity contribution >= 4 is 23.1 Å². The lowest BCUT2D eigenvalue weighted by atomic mass is 10.2. The van der Waals surface area contributed by atoms with Gasteiger partial charge >= 0.3 is 0 Å². The van der Waals surface area contributed by atoms with Crippen LogP contribution in [0.2, 0.25) is 0 Å². The SMILES string of the molecule is CSc1nc(-c2ccccc2)sc1-c1ccccc1. The molecule has 3 heteroatoms. The normalized spacial score (nSPS) is 10.6. The monoisotopic (exact) mass is 283 g/mol. The van der Waals surface area contributed by atoms with Gasteiger partial charge in [-0.15, -0.1) is 23.1 Å². The molecule has 0 aliphatic heterocycles. The fraction of sp³-hybridized carbons (Fsp3) is 0.0625. The lowest BCUT2D eigenvalue weighted by molar-refractivity contribution is 1.21. The maximum absolute atomic E-state index is 4.76. The molecule has 0 N–H and O–H groups in total. The molecule has 0 atom stereocenters. The average Bonchev–Trinajstić information content (AvgIpc) is 2.93. The van der Waals surface area contributed by atoms with E-state index in [0.717, 1.165) is 10.0 Å². The minimum atomic E-state index is 1.09. The molecule has 3 aromatic rings. The van der Waals surface area contributed by atoms with Gasteiger partial charge in [0.1, 0.15) is 10.0 Å². The highest BCUT2D eigenvalue weighted by molar-refractivity contribution is 7.98. The van der Waals surface area contributed by atoms with Crippen LogP contribution in [-0.2, 0) is 0 Å². The molecule has 0 spiro atoms. The maximum Gasteiger partial charge on any atom is 0.125 e. The quantitative estimate of drug-likeness (QED) is 0.613. The number of hydrogen-bond acceptors (Lipinski definition) is 3. The topological polar surface area (TPSA) is 12.9 Å². The summed E-state index contributed by atoms with van der Waals surface area (Å²) in [6.45, 7) is 0. The molecule has 0 aliphatic carbocycles. The molecule has 0 unspecified atom stereocenters. The number of benzene rings is 2. The molecule has 2 aromatic carbocycles. The number of rotatable bonds is 3. The highest BCUT2D eigenvalue weighted by Gasteiger charge is 2.13. The van der Waals surface area contributed by atoms with Gasteiger partial charge < -0.3 is 0 Å². The first-order chi connectivity index (χ1) is 9.38. The molecule has 0 saturated carbocycles. The van der Waals surface area contributed by atoms with Crippen molar-refractivity contribution in [3.8, 4) is 21.0 Å². The lowest BCUT2D eigenvalue weighted by Gasteiger charge is -1.98. The summed E-state index contributed by atoms with van der Waals surface area (Å²) in [5, 5.41) is 2.19. The van der Waals surface area contributed by atoms with Crippen LogP contribution in [-0.4, -0.2) is 11.2 Å². The minimum absolute atomic E-state index is 1.09. The number of thiazole rings is 1. The first-order valence-corrected chi connectivity index (χ1v) is 8.08. The number of aromatic nitrogens is 1. The van der Waals surface area contributed by atoms with Gasteiger partial charge in [0, 0.05) is 5.56 Å². The Morgan fingerprint density at radius 2 is 1.42 bits per heavy atom. The summed E-state index contributed by atoms with van der Waals surface area (Å²) in [6, 6.07) is 20.8. The van der Waals surface area contributed by atoms with Crippen LogP contribution in [0.15, 0.2) is 65.7 Å². The van der Waals surface area contributed by atoms with Gasteiger partial charge in [0.05, 0.1) is 4.88 Å². The molecule has 3 rings (SSSR count). The van der Waals surface area contributed by atoms with E-state index < -0.39 is 0 Å². The maximum atomic E-state index is 4.76. The van der Waals surface area contributed by atoms with Crippen LogP contribution in [0.25, 0.3) is 21.0 Å². The molecule has 0 aliphatic rings. The van der Waals surface area contributed by atoms with E-state index in [-0.39, 0.29) is 0 Å². The van der Waals surface area contributed by atoms with Crippen LogP contribution in [0.3, 0.4) is 0 Å². The minimum Gasteiger partial charge on any atom is -0.229 e. The Balaban J connectivity index is 2.09. The molecule has 0 bridgehead atoms. The van der Waals surface area contributed by atoms with E-state index in [9.17, 15) is 0 Å². The van der Waals surface area contributed by atoms with E-state index in [1.165, 1.54) is 16.0 Å². The molecule has 19 heavy (non-hydrogen) atoms. The Morgan fingerprint density at radius 3 is 2.00 bits per heavy atom. The predicted molar refractivity (Wildman–Crippen MR) is 84.8 cm³/mol. The van der Waals surface area contributed by atoms with Crippen LogP contribution in [0.4, 0.5) is 0 Å². The van der Waals surface area contributed by atoms with E-state index in [1.54, 1.807) is 23.1 Å². The van der Waals surface area contributed by atoms with Crippen molar-refractivity contribution in [3.63, 3.8) is 0 Å². The van der Waals surface area contributed by atoms with Gasteiger partial charge in [0.15, 0.2) is 0 Å². The highest BCUT2D eigenvalue weighted by Crippen LogP contribution is 2.39. The van der Waals surface area contributed by atoms with E-state index in [0.29, 0.717) is 0 Å². The Hall–Kier alpha value is -1.58. The third-order valence-corrected chi connectivity index (χ3v) is 4.81. The van der Waals surface area contributed by atoms with Crippen LogP contribution >= 0.6 is 23.1 Å². The zero-order chi connectivity index (χ0) is 13.1. The van der Waals surface area contributed by atoms with Crippen molar-refractivity contribution in [2.75, 3.05) is 6.26 Å². The van der Waals surface area contributed by atoms with Crippen LogP contribution in [0.1, 0.15) is 0 Å². The molecular weight excluding hydrogens is 270 g/mol. The first-order valence-electron chi connectivity index (χ1n) is 6.04. The summed E-state index contributed by atoms with van der Waals surface area (Å²) in [5.74, 6) is 0. The molecule has 0 radical (unpaired) electrons. The molecule has 0 fully saturated rings. The molecule has 1 nitrogen and oxygen atoms in total. The van der Waals surface area contributed by atoms with Crippen molar-refractivity contribution in [1.82, 2.24) is 4.98 Å². The average molecular weight is 283 g/mol. The third-order valence-electron chi connectivity index (χ3n) is 2.85. The van der Waals surface area contributed by atoms with E-state index in [2.05, 4.69) is 54.8 Å². The zero-order valence-electron chi connectivity index (χ0n) is 10.5. The summed E-state index contributed by atoms with van der Waals surface area (Å²) < 4.78 is 0. The van der Waals surface area contributed by atoms with Gasteiger partial charge in [-0.2, -0.15) is 0 Å². The summed E-state index contributed by atoms with van der Waals surface area (Å²) in [5.41, 5.74) is 2.43. The highest BCUT2D eigenvalue weighted by atomic mass is 32.2. The third kappa shape index (κ3) is 2.57. The Bertz CT molecular complexity index is 660. The standard InChI is InChI=1S/C16H13NS2/c1-18-16-14(12-8-4-2-5-9-12)19-15(17-16)13-10-6-3-7-11-13/h2-11H,1H3. The van der Waals surface area contributed by atoms with Gasteiger partial charge in [-0.05, 0) is 11.8 Å². The van der Waals surface area contributed by atoms with Crippen molar-refractivity contribution in [2.24, 2.45) is 0 Å². The second-order valence-electron chi connectivity index (χ2n) is 4.09. The molecule has 94 valence electrons.